The minimum absolute atomic E-state index is 0.136. The fourth-order valence-corrected chi connectivity index (χ4v) is 2.14. The Hall–Kier alpha value is -1.14. The highest BCUT2D eigenvalue weighted by molar-refractivity contribution is 5.84. The molecule has 2 atom stereocenters. The highest BCUT2D eigenvalue weighted by atomic mass is 16.4. The maximum Gasteiger partial charge on any atom is 0.326 e. The van der Waals surface area contributed by atoms with Gasteiger partial charge in [-0.15, -0.1) is 0 Å². The van der Waals surface area contributed by atoms with Crippen molar-refractivity contribution in [2.45, 2.75) is 43.9 Å². The van der Waals surface area contributed by atoms with E-state index < -0.39 is 18.1 Å². The van der Waals surface area contributed by atoms with E-state index in [2.05, 4.69) is 5.32 Å². The zero-order chi connectivity index (χ0) is 12.4. The van der Waals surface area contributed by atoms with Crippen LogP contribution in [0.1, 0.15) is 25.7 Å². The second-order valence-corrected chi connectivity index (χ2v) is 4.77. The molecule has 2 rings (SSSR count). The van der Waals surface area contributed by atoms with E-state index in [0.29, 0.717) is 19.0 Å². The smallest absolute Gasteiger partial charge is 0.326 e. The number of carboxylic acid groups (broad SMARTS) is 1. The fraction of sp³-hybridized carbons (Fsp3) is 0.818. The van der Waals surface area contributed by atoms with Crippen LogP contribution in [-0.4, -0.2) is 58.3 Å². The minimum Gasteiger partial charge on any atom is -0.480 e. The number of aliphatic hydroxyl groups excluding tert-OH is 1. The maximum absolute atomic E-state index is 11.8. The Morgan fingerprint density at radius 3 is 2.65 bits per heavy atom. The van der Waals surface area contributed by atoms with Gasteiger partial charge >= 0.3 is 5.97 Å². The number of carbonyl (C=O) groups excluding carboxylic acids is 1. The lowest BCUT2D eigenvalue weighted by Crippen LogP contribution is -2.41. The number of hydrogen-bond acceptors (Lipinski definition) is 4. The average molecular weight is 242 g/mol. The van der Waals surface area contributed by atoms with E-state index in [0.717, 1.165) is 12.8 Å². The third kappa shape index (κ3) is 3.17. The van der Waals surface area contributed by atoms with E-state index in [1.165, 1.54) is 4.90 Å². The van der Waals surface area contributed by atoms with E-state index >= 15 is 0 Å². The molecule has 6 heteroatoms. The van der Waals surface area contributed by atoms with Crippen molar-refractivity contribution in [3.8, 4) is 0 Å². The van der Waals surface area contributed by atoms with Crippen molar-refractivity contribution < 1.29 is 19.8 Å². The summed E-state index contributed by atoms with van der Waals surface area (Å²) in [5.41, 5.74) is 0. The number of carbonyl (C=O) groups is 2. The van der Waals surface area contributed by atoms with E-state index in [-0.39, 0.29) is 18.9 Å². The molecular formula is C11H18N2O4. The first-order valence-electron chi connectivity index (χ1n) is 6.01. The predicted octanol–water partition coefficient (Wildman–Crippen LogP) is -0.825. The monoisotopic (exact) mass is 242 g/mol. The van der Waals surface area contributed by atoms with Gasteiger partial charge in [0.2, 0.25) is 5.91 Å². The second kappa shape index (κ2) is 5.01. The van der Waals surface area contributed by atoms with Gasteiger partial charge in [-0.3, -0.25) is 4.79 Å². The Bertz CT molecular complexity index is 317. The summed E-state index contributed by atoms with van der Waals surface area (Å²) in [5, 5.41) is 21.6. The standard InChI is InChI=1S/C11H18N2O4/c14-8-5-9(11(16)17)13(6-8)10(15)3-4-12-7-1-2-7/h7-9,12,14H,1-6H2,(H,16,17)/t8-,9-/m0/s1. The summed E-state index contributed by atoms with van der Waals surface area (Å²) in [4.78, 5) is 24.0. The van der Waals surface area contributed by atoms with E-state index in [1.807, 2.05) is 0 Å². The van der Waals surface area contributed by atoms with Crippen molar-refractivity contribution in [3.63, 3.8) is 0 Å². The summed E-state index contributed by atoms with van der Waals surface area (Å²) in [5.74, 6) is -1.23. The van der Waals surface area contributed by atoms with Crippen LogP contribution in [0.2, 0.25) is 0 Å². The van der Waals surface area contributed by atoms with Gasteiger partial charge in [0, 0.05) is 32.0 Å². The topological polar surface area (TPSA) is 89.9 Å². The first kappa shape index (κ1) is 12.3. The minimum atomic E-state index is -1.04. The Morgan fingerprint density at radius 2 is 2.06 bits per heavy atom. The normalized spacial score (nSPS) is 28.4. The van der Waals surface area contributed by atoms with Gasteiger partial charge < -0.3 is 20.4 Å². The quantitative estimate of drug-likeness (QED) is 0.586. The molecule has 1 saturated heterocycles. The van der Waals surface area contributed by atoms with Crippen LogP contribution < -0.4 is 5.32 Å². The van der Waals surface area contributed by atoms with Gasteiger partial charge in [0.15, 0.2) is 0 Å². The zero-order valence-electron chi connectivity index (χ0n) is 9.63. The predicted molar refractivity (Wildman–Crippen MR) is 59.4 cm³/mol. The number of carboxylic acids is 1. The Morgan fingerprint density at radius 1 is 1.35 bits per heavy atom. The largest absolute Gasteiger partial charge is 0.480 e. The summed E-state index contributed by atoms with van der Waals surface area (Å²) in [6, 6.07) is -0.319. The van der Waals surface area contributed by atoms with Crippen molar-refractivity contribution >= 4 is 11.9 Å². The van der Waals surface area contributed by atoms with Crippen molar-refractivity contribution in [1.82, 2.24) is 10.2 Å². The van der Waals surface area contributed by atoms with Gasteiger partial charge in [0.05, 0.1) is 6.10 Å². The summed E-state index contributed by atoms with van der Waals surface area (Å²) in [7, 11) is 0. The lowest BCUT2D eigenvalue weighted by molar-refractivity contribution is -0.148. The molecule has 0 radical (unpaired) electrons. The van der Waals surface area contributed by atoms with E-state index in [9.17, 15) is 14.7 Å². The summed E-state index contributed by atoms with van der Waals surface area (Å²) < 4.78 is 0. The van der Waals surface area contributed by atoms with Crippen molar-refractivity contribution in [3.05, 3.63) is 0 Å². The summed E-state index contributed by atoms with van der Waals surface area (Å²) in [6.07, 6.45) is 2.05. The number of nitrogens with zero attached hydrogens (tertiary/aromatic N) is 1. The molecule has 1 aliphatic heterocycles. The number of β-amino-alcohol motifs (C(OH)–C–C–N with tert-alkyl or cyclic N) is 1. The van der Waals surface area contributed by atoms with Crippen LogP contribution >= 0.6 is 0 Å². The van der Waals surface area contributed by atoms with Gasteiger partial charge in [-0.25, -0.2) is 4.79 Å². The SMILES string of the molecule is O=C(O)[C@@H]1C[C@H](O)CN1C(=O)CCNC1CC1. The van der Waals surface area contributed by atoms with Crippen molar-refractivity contribution in [2.24, 2.45) is 0 Å². The Labute approximate surface area is 99.6 Å². The molecule has 1 saturated carbocycles. The average Bonchev–Trinajstić information content (AvgIpc) is 2.99. The molecule has 3 N–H and O–H groups in total. The van der Waals surface area contributed by atoms with Gasteiger partial charge in [-0.05, 0) is 12.8 Å². The van der Waals surface area contributed by atoms with Crippen LogP contribution in [0.3, 0.4) is 0 Å². The molecule has 0 unspecified atom stereocenters. The molecule has 1 aliphatic carbocycles. The fourth-order valence-electron chi connectivity index (χ4n) is 2.14. The zero-order valence-corrected chi connectivity index (χ0v) is 9.63. The molecule has 1 heterocycles. The summed E-state index contributed by atoms with van der Waals surface area (Å²) >= 11 is 0. The van der Waals surface area contributed by atoms with Crippen LogP contribution in [-0.2, 0) is 9.59 Å². The highest BCUT2D eigenvalue weighted by Gasteiger charge is 2.38. The van der Waals surface area contributed by atoms with Crippen molar-refractivity contribution in [1.29, 1.82) is 0 Å². The van der Waals surface area contributed by atoms with Crippen molar-refractivity contribution in [2.75, 3.05) is 13.1 Å². The number of likely N-dealkylation sites (tertiary alicyclic amines) is 1. The number of rotatable bonds is 5. The van der Waals surface area contributed by atoms with Gasteiger partial charge in [0.25, 0.3) is 0 Å². The van der Waals surface area contributed by atoms with E-state index in [4.69, 9.17) is 5.11 Å². The molecule has 96 valence electrons. The summed E-state index contributed by atoms with van der Waals surface area (Å²) in [6.45, 7) is 0.724. The third-order valence-electron chi connectivity index (χ3n) is 3.23. The molecule has 17 heavy (non-hydrogen) atoms. The highest BCUT2D eigenvalue weighted by Crippen LogP contribution is 2.20. The number of hydrogen-bond donors (Lipinski definition) is 3. The van der Waals surface area contributed by atoms with Crippen LogP contribution in [0.25, 0.3) is 0 Å². The molecule has 0 bridgehead atoms. The molecule has 2 aliphatic rings. The molecule has 0 aromatic carbocycles. The van der Waals surface area contributed by atoms with Crippen LogP contribution in [0.15, 0.2) is 0 Å². The Kier molecular flexibility index (Phi) is 3.63. The first-order valence-corrected chi connectivity index (χ1v) is 6.01. The lowest BCUT2D eigenvalue weighted by atomic mass is 10.2. The van der Waals surface area contributed by atoms with Crippen LogP contribution in [0, 0.1) is 0 Å². The number of aliphatic hydroxyl groups is 1. The molecule has 0 aromatic rings. The first-order chi connectivity index (χ1) is 8.08. The van der Waals surface area contributed by atoms with E-state index in [1.54, 1.807) is 0 Å². The molecule has 0 aromatic heterocycles. The second-order valence-electron chi connectivity index (χ2n) is 4.77. The molecule has 0 spiro atoms. The molecule has 1 amide bonds. The Balaban J connectivity index is 1.81. The van der Waals surface area contributed by atoms with Crippen LogP contribution in [0.5, 0.6) is 0 Å². The molecular weight excluding hydrogens is 224 g/mol. The van der Waals surface area contributed by atoms with Gasteiger partial charge in [-0.2, -0.15) is 0 Å². The maximum atomic E-state index is 11.8. The van der Waals surface area contributed by atoms with Crippen LogP contribution in [0.4, 0.5) is 0 Å². The van der Waals surface area contributed by atoms with Gasteiger partial charge in [0.1, 0.15) is 6.04 Å². The number of aliphatic carboxylic acids is 1. The number of amides is 1. The number of nitrogens with one attached hydrogen (secondary N) is 1. The lowest BCUT2D eigenvalue weighted by Gasteiger charge is -2.21. The molecule has 6 nitrogen and oxygen atoms in total. The molecule has 2 fully saturated rings. The van der Waals surface area contributed by atoms with Gasteiger partial charge in [-0.1, -0.05) is 0 Å². The third-order valence-corrected chi connectivity index (χ3v) is 3.23.